The summed E-state index contributed by atoms with van der Waals surface area (Å²) in [5.41, 5.74) is 7.43. The Bertz CT molecular complexity index is 2400. The number of amides is 1. The molecule has 0 bridgehead atoms. The second-order valence-corrected chi connectivity index (χ2v) is 16.1. The van der Waals surface area contributed by atoms with E-state index in [0.29, 0.717) is 38.1 Å². The van der Waals surface area contributed by atoms with E-state index in [-0.39, 0.29) is 60.5 Å². The highest BCUT2D eigenvalue weighted by Crippen LogP contribution is 2.43. The van der Waals surface area contributed by atoms with Gasteiger partial charge in [0.1, 0.15) is 5.75 Å². The van der Waals surface area contributed by atoms with E-state index in [0.717, 1.165) is 23.0 Å². The maximum Gasteiger partial charge on any atom is 0.326 e. The zero-order chi connectivity index (χ0) is 38.1. The van der Waals surface area contributed by atoms with Crippen LogP contribution in [0.2, 0.25) is 0 Å². The number of likely N-dealkylation sites (tertiary alicyclic amines) is 1. The molecule has 12 nitrogen and oxygen atoms in total. The number of nitrogens with zero attached hydrogens (tertiary/aromatic N) is 3. The minimum Gasteiger partial charge on any atom is -0.497 e. The number of rotatable bonds is 12. The van der Waals surface area contributed by atoms with E-state index in [1.165, 1.54) is 45.8 Å². The van der Waals surface area contributed by atoms with Crippen molar-refractivity contribution in [2.24, 2.45) is 0 Å². The van der Waals surface area contributed by atoms with E-state index in [1.807, 2.05) is 48.5 Å². The number of hydrogen-bond donors (Lipinski definition) is 2. The number of imidazole rings is 1. The second-order valence-electron chi connectivity index (χ2n) is 14.1. The Morgan fingerprint density at radius 2 is 1.69 bits per heavy atom. The van der Waals surface area contributed by atoms with Crippen LogP contribution < -0.4 is 10.4 Å². The first-order valence-corrected chi connectivity index (χ1v) is 20.1. The number of nitrogens with one attached hydrogen (secondary N) is 1. The quantitative estimate of drug-likeness (QED) is 0.174. The summed E-state index contributed by atoms with van der Waals surface area (Å²) in [6, 6.07) is 28.3. The number of para-hydroxylation sites is 2. The number of carbonyl (C=O) groups is 1. The molecular weight excluding hydrogens is 721 g/mol. The second kappa shape index (κ2) is 15.5. The lowest BCUT2D eigenvalue weighted by Gasteiger charge is -2.35. The van der Waals surface area contributed by atoms with Crippen LogP contribution in [0.3, 0.4) is 0 Å². The first-order valence-electron chi connectivity index (χ1n) is 18.7. The van der Waals surface area contributed by atoms with Gasteiger partial charge in [0.2, 0.25) is 16.3 Å². The van der Waals surface area contributed by atoms with Crippen LogP contribution in [0.1, 0.15) is 47.9 Å². The van der Waals surface area contributed by atoms with Crippen molar-refractivity contribution in [2.45, 2.75) is 48.8 Å². The van der Waals surface area contributed by atoms with E-state index >= 15 is 0 Å². The molecule has 1 fully saturated rings. The van der Waals surface area contributed by atoms with Gasteiger partial charge in [-0.3, -0.25) is 9.36 Å². The van der Waals surface area contributed by atoms with Gasteiger partial charge in [0.15, 0.2) is 5.76 Å². The van der Waals surface area contributed by atoms with Gasteiger partial charge in [0.05, 0.1) is 36.3 Å². The third kappa shape index (κ3) is 7.20. The standard InChI is InChI=1S/C42H44N4O8S/c1-52-31-13-15-32(16-14-31)55(50,51)45(21-23-47)22-24-53-40-27-29(34-9-6-10-35-33-8-3-2-7-28(33)25-36(34)35)26-39(54-40)41(48)44-19-17-30(18-20-44)46-38-12-5-4-11-37(38)43-42(46)49/h2-16,26,29-30,40,47H,17-25,27H2,1H3,(H,43,49). The number of fused-ring (bicyclic) bond motifs is 4. The number of aliphatic hydroxyl groups is 1. The summed E-state index contributed by atoms with van der Waals surface area (Å²) >= 11 is 0. The lowest BCUT2D eigenvalue weighted by Crippen LogP contribution is -2.43. The molecule has 2 N–H and O–H groups in total. The summed E-state index contributed by atoms with van der Waals surface area (Å²) in [5, 5.41) is 9.77. The smallest absolute Gasteiger partial charge is 0.326 e. The monoisotopic (exact) mass is 764 g/mol. The Hall–Kier alpha value is -5.21. The minimum absolute atomic E-state index is 0.0304. The molecule has 1 amide bonds. The van der Waals surface area contributed by atoms with Crippen molar-refractivity contribution in [1.82, 2.24) is 18.8 Å². The number of ether oxygens (including phenoxy) is 3. The summed E-state index contributed by atoms with van der Waals surface area (Å²) in [5.74, 6) is 0.263. The third-order valence-corrected chi connectivity index (χ3v) is 12.9. The zero-order valence-electron chi connectivity index (χ0n) is 30.6. The van der Waals surface area contributed by atoms with Crippen molar-refractivity contribution >= 4 is 27.0 Å². The van der Waals surface area contributed by atoms with Gasteiger partial charge in [-0.25, -0.2) is 13.2 Å². The number of hydrogen-bond acceptors (Lipinski definition) is 8. The molecule has 4 aromatic carbocycles. The Morgan fingerprint density at radius 3 is 2.47 bits per heavy atom. The average molecular weight is 765 g/mol. The van der Waals surface area contributed by atoms with Crippen molar-refractivity contribution in [3.63, 3.8) is 0 Å². The molecule has 13 heteroatoms. The van der Waals surface area contributed by atoms with Gasteiger partial charge in [-0.2, -0.15) is 4.31 Å². The van der Waals surface area contributed by atoms with Crippen LogP contribution in [0, 0.1) is 0 Å². The molecule has 0 spiro atoms. The van der Waals surface area contributed by atoms with E-state index in [4.69, 9.17) is 14.2 Å². The number of H-pyrrole nitrogens is 1. The lowest BCUT2D eigenvalue weighted by atomic mass is 9.87. The maximum atomic E-state index is 14.2. The lowest BCUT2D eigenvalue weighted by molar-refractivity contribution is -0.153. The molecule has 55 heavy (non-hydrogen) atoms. The highest BCUT2D eigenvalue weighted by atomic mass is 32.2. The maximum absolute atomic E-state index is 14.2. The van der Waals surface area contributed by atoms with Crippen LogP contribution in [0.5, 0.6) is 5.75 Å². The van der Waals surface area contributed by atoms with Crippen molar-refractivity contribution in [3.8, 4) is 16.9 Å². The van der Waals surface area contributed by atoms with Gasteiger partial charge < -0.3 is 29.2 Å². The SMILES string of the molecule is COc1ccc(S(=O)(=O)N(CCO)CCOC2CC(c3cccc4c3Cc3ccccc3-4)C=C(C(=O)N3CCC(n4c(=O)[nH]c5ccccc54)CC3)O2)cc1. The number of aromatic nitrogens is 2. The van der Waals surface area contributed by atoms with Crippen molar-refractivity contribution in [3.05, 3.63) is 130 Å². The first kappa shape index (κ1) is 36.8. The summed E-state index contributed by atoms with van der Waals surface area (Å²) in [6.07, 6.45) is 3.48. The fourth-order valence-corrected chi connectivity index (χ4v) is 9.64. The predicted octanol–water partition coefficient (Wildman–Crippen LogP) is 5.19. The van der Waals surface area contributed by atoms with E-state index < -0.39 is 16.3 Å². The summed E-state index contributed by atoms with van der Waals surface area (Å²) < 4.78 is 47.8. The largest absolute Gasteiger partial charge is 0.497 e. The number of aliphatic hydroxyl groups excluding tert-OH is 1. The topological polar surface area (TPSA) is 143 Å². The van der Waals surface area contributed by atoms with Crippen LogP contribution in [-0.4, -0.2) is 91.0 Å². The molecule has 8 rings (SSSR count). The van der Waals surface area contributed by atoms with Crippen LogP contribution in [0.15, 0.2) is 113 Å². The molecule has 5 aromatic rings. The van der Waals surface area contributed by atoms with E-state index in [9.17, 15) is 23.1 Å². The molecule has 1 aromatic heterocycles. The molecule has 0 radical (unpaired) electrons. The van der Waals surface area contributed by atoms with Gasteiger partial charge in [-0.05, 0) is 89.6 Å². The molecular formula is C42H44N4O8S. The Labute approximate surface area is 319 Å². The fraction of sp³-hybridized carbons (Fsp3) is 0.333. The summed E-state index contributed by atoms with van der Waals surface area (Å²) in [4.78, 5) is 31.9. The highest BCUT2D eigenvalue weighted by molar-refractivity contribution is 7.89. The van der Waals surface area contributed by atoms with Crippen molar-refractivity contribution in [1.29, 1.82) is 0 Å². The minimum atomic E-state index is -3.95. The number of allylic oxidation sites excluding steroid dienone is 1. The summed E-state index contributed by atoms with van der Waals surface area (Å²) in [7, 11) is -2.44. The van der Waals surface area contributed by atoms with Crippen LogP contribution >= 0.6 is 0 Å². The molecule has 3 aliphatic rings. The average Bonchev–Trinajstić information content (AvgIpc) is 3.77. The number of aromatic amines is 1. The van der Waals surface area contributed by atoms with E-state index in [2.05, 4.69) is 29.2 Å². The molecule has 2 atom stereocenters. The zero-order valence-corrected chi connectivity index (χ0v) is 31.4. The number of carbonyl (C=O) groups excluding carboxylic acids is 1. The van der Waals surface area contributed by atoms with Crippen LogP contribution in [0.25, 0.3) is 22.2 Å². The summed E-state index contributed by atoms with van der Waals surface area (Å²) in [6.45, 7) is 0.336. The molecule has 286 valence electrons. The number of piperidine rings is 1. The predicted molar refractivity (Wildman–Crippen MR) is 207 cm³/mol. The number of sulfonamides is 1. The van der Waals surface area contributed by atoms with Crippen molar-refractivity contribution < 1.29 is 32.5 Å². The fourth-order valence-electron chi connectivity index (χ4n) is 8.22. The number of benzene rings is 4. The molecule has 3 heterocycles. The van der Waals surface area contributed by atoms with Crippen LogP contribution in [0.4, 0.5) is 0 Å². The molecule has 1 aliphatic carbocycles. The van der Waals surface area contributed by atoms with E-state index in [1.54, 1.807) is 21.6 Å². The van der Waals surface area contributed by atoms with Gasteiger partial charge in [-0.15, -0.1) is 0 Å². The van der Waals surface area contributed by atoms with Gasteiger partial charge in [0, 0.05) is 44.6 Å². The van der Waals surface area contributed by atoms with Crippen LogP contribution in [-0.2, 0) is 30.7 Å². The highest BCUT2D eigenvalue weighted by Gasteiger charge is 2.35. The van der Waals surface area contributed by atoms with Gasteiger partial charge in [0.25, 0.3) is 5.91 Å². The van der Waals surface area contributed by atoms with Crippen molar-refractivity contribution in [2.75, 3.05) is 46.5 Å². The first-order chi connectivity index (χ1) is 26.7. The van der Waals surface area contributed by atoms with Gasteiger partial charge in [-0.1, -0.05) is 54.6 Å². The normalized spacial score (nSPS) is 18.5. The number of methoxy groups -OCH3 is 1. The molecule has 2 unspecified atom stereocenters. The molecule has 0 saturated carbocycles. The Morgan fingerprint density at radius 1 is 0.945 bits per heavy atom. The third-order valence-electron chi connectivity index (χ3n) is 11.0. The molecule has 1 saturated heterocycles. The Kier molecular flexibility index (Phi) is 10.4. The molecule has 2 aliphatic heterocycles. The van der Waals surface area contributed by atoms with Gasteiger partial charge >= 0.3 is 5.69 Å². The Balaban J connectivity index is 1.02.